The number of hydrogen-bond donors (Lipinski definition) is 0. The summed E-state index contributed by atoms with van der Waals surface area (Å²) < 4.78 is 5.67. The van der Waals surface area contributed by atoms with Crippen molar-refractivity contribution in [3.05, 3.63) is 63.4 Å². The van der Waals surface area contributed by atoms with Gasteiger partial charge in [0.2, 0.25) is 0 Å². The topological polar surface area (TPSA) is 106 Å². The molecule has 2 amide bonds. The minimum absolute atomic E-state index is 0.136. The molecule has 8 nitrogen and oxygen atoms in total. The average Bonchev–Trinajstić information content (AvgIpc) is 3.39. The van der Waals surface area contributed by atoms with Crippen LogP contribution >= 0.6 is 11.6 Å². The lowest BCUT2D eigenvalue weighted by Crippen LogP contribution is -2.40. The molecule has 5 aliphatic rings. The third kappa shape index (κ3) is 2.64. The first-order valence-corrected chi connectivity index (χ1v) is 10.5. The monoisotopic (exact) mass is 437 g/mol. The van der Waals surface area contributed by atoms with Crippen LogP contribution in [0.2, 0.25) is 5.02 Å². The Morgan fingerprint density at radius 1 is 1.10 bits per heavy atom. The second kappa shape index (κ2) is 6.37. The molecule has 156 valence electrons. The maximum Gasteiger partial charge on any atom is 0.281 e. The van der Waals surface area contributed by atoms with E-state index in [0.29, 0.717) is 11.8 Å². The van der Waals surface area contributed by atoms with Gasteiger partial charge in [-0.25, -0.2) is 0 Å². The molecule has 7 rings (SSSR count). The standard InChI is InChI=1S/C22H16ClN3O5/c23-10-1-3-14(17(7-10)26(29)30)18-6-2-11(31-18)9-24-25-21(27)19-12-4-5-13(16-8-15(12)16)20(19)22(25)28/h1-7,9,12-13,15-16,19-20H,8H2/b24-9-/t12-,13-,15-,16+,19+,20-/m1/s1. The molecule has 0 spiro atoms. The molecule has 3 fully saturated rings. The smallest absolute Gasteiger partial charge is 0.281 e. The van der Waals surface area contributed by atoms with E-state index >= 15 is 0 Å². The lowest BCUT2D eigenvalue weighted by Gasteiger charge is -2.37. The number of benzene rings is 1. The van der Waals surface area contributed by atoms with E-state index in [0.717, 1.165) is 11.4 Å². The Morgan fingerprint density at radius 3 is 2.42 bits per heavy atom. The van der Waals surface area contributed by atoms with Crippen LogP contribution in [-0.2, 0) is 9.59 Å². The molecule has 2 bridgehead atoms. The predicted octanol–water partition coefficient (Wildman–Crippen LogP) is 3.90. The fraction of sp³-hybridized carbons (Fsp3) is 0.318. The minimum atomic E-state index is -0.534. The summed E-state index contributed by atoms with van der Waals surface area (Å²) >= 11 is 5.86. The number of rotatable bonds is 4. The van der Waals surface area contributed by atoms with Crippen molar-refractivity contribution < 1.29 is 18.9 Å². The van der Waals surface area contributed by atoms with Gasteiger partial charge in [-0.2, -0.15) is 10.1 Å². The zero-order valence-corrected chi connectivity index (χ0v) is 16.8. The Kier molecular flexibility index (Phi) is 3.80. The average molecular weight is 438 g/mol. The van der Waals surface area contributed by atoms with Crippen molar-refractivity contribution in [3.8, 4) is 11.3 Å². The van der Waals surface area contributed by atoms with Gasteiger partial charge in [0.25, 0.3) is 17.5 Å². The number of allylic oxidation sites excluding steroid dienone is 2. The molecule has 31 heavy (non-hydrogen) atoms. The second-order valence-corrected chi connectivity index (χ2v) is 8.94. The maximum absolute atomic E-state index is 12.9. The van der Waals surface area contributed by atoms with Crippen molar-refractivity contribution in [2.24, 2.45) is 40.6 Å². The molecule has 1 aromatic heterocycles. The fourth-order valence-corrected chi connectivity index (χ4v) is 5.77. The lowest BCUT2D eigenvalue weighted by atomic mass is 9.63. The summed E-state index contributed by atoms with van der Waals surface area (Å²) in [6.45, 7) is 0. The van der Waals surface area contributed by atoms with E-state index in [1.54, 1.807) is 12.1 Å². The predicted molar refractivity (Wildman–Crippen MR) is 110 cm³/mol. The van der Waals surface area contributed by atoms with Crippen molar-refractivity contribution in [1.29, 1.82) is 0 Å². The van der Waals surface area contributed by atoms with Crippen LogP contribution in [-0.4, -0.2) is 28.0 Å². The Labute approximate surface area is 181 Å². The first kappa shape index (κ1) is 18.5. The Balaban J connectivity index is 1.26. The highest BCUT2D eigenvalue weighted by molar-refractivity contribution is 6.30. The van der Waals surface area contributed by atoms with E-state index in [1.165, 1.54) is 24.4 Å². The minimum Gasteiger partial charge on any atom is -0.455 e. The van der Waals surface area contributed by atoms with Gasteiger partial charge in [-0.3, -0.25) is 19.7 Å². The highest BCUT2D eigenvalue weighted by Crippen LogP contribution is 2.65. The Morgan fingerprint density at radius 2 is 1.77 bits per heavy atom. The van der Waals surface area contributed by atoms with E-state index in [9.17, 15) is 19.7 Å². The van der Waals surface area contributed by atoms with Gasteiger partial charge in [0.15, 0.2) is 0 Å². The number of imide groups is 1. The second-order valence-electron chi connectivity index (χ2n) is 8.51. The third-order valence-corrected chi connectivity index (χ3v) is 7.22. The Hall–Kier alpha value is -3.26. The van der Waals surface area contributed by atoms with E-state index in [4.69, 9.17) is 16.0 Å². The number of carbonyl (C=O) groups is 2. The number of nitrogens with zero attached hydrogens (tertiary/aromatic N) is 3. The van der Waals surface area contributed by atoms with Crippen LogP contribution in [0.4, 0.5) is 5.69 Å². The van der Waals surface area contributed by atoms with E-state index in [2.05, 4.69) is 17.3 Å². The summed E-state index contributed by atoms with van der Waals surface area (Å²) in [6, 6.07) is 7.45. The third-order valence-electron chi connectivity index (χ3n) is 6.99. The van der Waals surface area contributed by atoms with Crippen LogP contribution in [0.15, 0.2) is 52.0 Å². The summed E-state index contributed by atoms with van der Waals surface area (Å²) in [7, 11) is 0. The van der Waals surface area contributed by atoms with Crippen LogP contribution in [0.25, 0.3) is 11.3 Å². The zero-order valence-electron chi connectivity index (χ0n) is 16.1. The van der Waals surface area contributed by atoms with E-state index in [1.807, 2.05) is 0 Å². The molecule has 6 atom stereocenters. The highest BCUT2D eigenvalue weighted by atomic mass is 35.5. The van der Waals surface area contributed by atoms with Crippen LogP contribution in [0.3, 0.4) is 0 Å². The number of carbonyl (C=O) groups excluding carboxylic acids is 2. The molecule has 1 saturated heterocycles. The number of hydrogen-bond acceptors (Lipinski definition) is 6. The van der Waals surface area contributed by atoms with Gasteiger partial charge in [-0.1, -0.05) is 23.8 Å². The number of nitro benzene ring substituents is 1. The summed E-state index contributed by atoms with van der Waals surface area (Å²) in [5, 5.41) is 16.7. The zero-order chi connectivity index (χ0) is 21.4. The SMILES string of the molecule is O=C1[C@@H]2[C@@H]3C=C[C@H]([C@H]4C[C@@H]34)[C@@H]2C(=O)N1/N=C\c1ccc(-c2ccc(Cl)cc2[N+](=O)[O-])o1. The normalized spacial score (nSPS) is 32.6. The number of nitro groups is 1. The summed E-state index contributed by atoms with van der Waals surface area (Å²) in [5.41, 5.74) is 0.0936. The first-order chi connectivity index (χ1) is 14.9. The molecule has 1 aromatic carbocycles. The molecular weight excluding hydrogens is 422 g/mol. The molecule has 4 aliphatic carbocycles. The van der Waals surface area contributed by atoms with Gasteiger partial charge in [0, 0.05) is 11.1 Å². The highest BCUT2D eigenvalue weighted by Gasteiger charge is 2.67. The number of amides is 2. The molecule has 1 aliphatic heterocycles. The number of halogens is 1. The van der Waals surface area contributed by atoms with Gasteiger partial charge in [0.1, 0.15) is 11.5 Å². The molecular formula is C22H16ClN3O5. The van der Waals surface area contributed by atoms with Gasteiger partial charge >= 0.3 is 0 Å². The maximum atomic E-state index is 12.9. The van der Waals surface area contributed by atoms with Gasteiger partial charge in [-0.15, -0.1) is 0 Å². The first-order valence-electron chi connectivity index (χ1n) is 10.1. The largest absolute Gasteiger partial charge is 0.455 e. The van der Waals surface area contributed by atoms with Crippen molar-refractivity contribution in [3.63, 3.8) is 0 Å². The van der Waals surface area contributed by atoms with E-state index in [-0.39, 0.29) is 63.3 Å². The van der Waals surface area contributed by atoms with Gasteiger partial charge in [0.05, 0.1) is 28.5 Å². The van der Waals surface area contributed by atoms with Crippen LogP contribution in [0.5, 0.6) is 0 Å². The molecule has 2 saturated carbocycles. The van der Waals surface area contributed by atoms with Crippen LogP contribution in [0.1, 0.15) is 12.2 Å². The van der Waals surface area contributed by atoms with Gasteiger partial charge < -0.3 is 4.42 Å². The summed E-state index contributed by atoms with van der Waals surface area (Å²) in [6.07, 6.45) is 6.62. The number of hydrazone groups is 1. The number of furan rings is 1. The fourth-order valence-electron chi connectivity index (χ4n) is 5.60. The van der Waals surface area contributed by atoms with Crippen LogP contribution < -0.4 is 0 Å². The molecule has 0 unspecified atom stereocenters. The lowest BCUT2D eigenvalue weighted by molar-refractivity contribution is -0.384. The molecule has 0 radical (unpaired) electrons. The van der Waals surface area contributed by atoms with Gasteiger partial charge in [-0.05, 0) is 54.4 Å². The summed E-state index contributed by atoms with van der Waals surface area (Å²) in [4.78, 5) is 36.7. The molecule has 2 heterocycles. The van der Waals surface area contributed by atoms with Crippen LogP contribution in [0, 0.1) is 45.6 Å². The quantitative estimate of drug-likeness (QED) is 0.237. The summed E-state index contributed by atoms with van der Waals surface area (Å²) in [5.74, 6) is 0.736. The molecule has 2 aromatic rings. The molecule has 0 N–H and O–H groups in total. The van der Waals surface area contributed by atoms with Crippen molar-refractivity contribution in [2.45, 2.75) is 6.42 Å². The Bertz CT molecular complexity index is 1180. The van der Waals surface area contributed by atoms with E-state index < -0.39 is 4.92 Å². The molecule has 9 heteroatoms. The van der Waals surface area contributed by atoms with Crippen molar-refractivity contribution in [1.82, 2.24) is 5.01 Å². The van der Waals surface area contributed by atoms with Crippen molar-refractivity contribution in [2.75, 3.05) is 0 Å². The van der Waals surface area contributed by atoms with Crippen molar-refractivity contribution >= 4 is 35.3 Å².